The van der Waals surface area contributed by atoms with E-state index in [-0.39, 0.29) is 11.7 Å². The number of hydrogen-bond donors (Lipinski definition) is 2. The van der Waals surface area contributed by atoms with E-state index in [2.05, 4.69) is 20.5 Å². The molecule has 7 nitrogen and oxygen atoms in total. The fourth-order valence-electron chi connectivity index (χ4n) is 2.53. The lowest BCUT2D eigenvalue weighted by molar-refractivity contribution is -0.117. The van der Waals surface area contributed by atoms with Crippen molar-refractivity contribution in [2.75, 3.05) is 23.3 Å². The molecule has 0 radical (unpaired) electrons. The molecule has 0 aliphatic carbocycles. The molecule has 1 unspecified atom stereocenters. The van der Waals surface area contributed by atoms with Crippen molar-refractivity contribution >= 4 is 34.1 Å². The van der Waals surface area contributed by atoms with Gasteiger partial charge in [0.15, 0.2) is 10.9 Å². The number of anilines is 2. The van der Waals surface area contributed by atoms with E-state index in [1.165, 1.54) is 36.9 Å². The molecule has 2 aromatic rings. The summed E-state index contributed by atoms with van der Waals surface area (Å²) in [6, 6.07) is 2.48. The fourth-order valence-corrected chi connectivity index (χ4v) is 3.34. The molecule has 1 fully saturated rings. The number of aromatic nitrogens is 1. The fraction of sp³-hybridized carbons (Fsp3) is 0.438. The van der Waals surface area contributed by atoms with Gasteiger partial charge in [0.1, 0.15) is 11.9 Å². The molecule has 1 aliphatic rings. The number of carbonyl (C=O) groups is 2. The van der Waals surface area contributed by atoms with E-state index in [4.69, 9.17) is 4.42 Å². The van der Waals surface area contributed by atoms with Crippen LogP contribution in [0.25, 0.3) is 0 Å². The van der Waals surface area contributed by atoms with Gasteiger partial charge in [-0.25, -0.2) is 4.98 Å². The standard InChI is InChI=1S/C16H20N4O3S/c1-11(17-15(22)12-6-5-9-23-12)14(21)18-13-10-24-16(19-13)20-7-3-2-4-8-20/h5-6,9-11H,2-4,7-8H2,1H3,(H,17,22)(H,18,21). The largest absolute Gasteiger partial charge is 0.459 e. The second-order valence-corrected chi connectivity index (χ2v) is 6.56. The molecule has 0 spiro atoms. The first-order valence-electron chi connectivity index (χ1n) is 7.99. The van der Waals surface area contributed by atoms with Gasteiger partial charge in [0.2, 0.25) is 5.91 Å². The van der Waals surface area contributed by atoms with Crippen LogP contribution < -0.4 is 15.5 Å². The first kappa shape index (κ1) is 16.5. The Balaban J connectivity index is 1.54. The number of carbonyl (C=O) groups excluding carboxylic acids is 2. The zero-order chi connectivity index (χ0) is 16.9. The number of thiazole rings is 1. The van der Waals surface area contributed by atoms with Crippen molar-refractivity contribution in [3.8, 4) is 0 Å². The molecule has 0 aromatic carbocycles. The number of nitrogens with one attached hydrogen (secondary N) is 2. The predicted molar refractivity (Wildman–Crippen MR) is 92.4 cm³/mol. The second kappa shape index (κ2) is 7.48. The van der Waals surface area contributed by atoms with Crippen molar-refractivity contribution in [1.82, 2.24) is 10.3 Å². The molecule has 2 aromatic heterocycles. The van der Waals surface area contributed by atoms with E-state index >= 15 is 0 Å². The van der Waals surface area contributed by atoms with Crippen LogP contribution in [0, 0.1) is 0 Å². The minimum absolute atomic E-state index is 0.177. The van der Waals surface area contributed by atoms with Gasteiger partial charge in [0.05, 0.1) is 6.26 Å². The van der Waals surface area contributed by atoms with E-state index in [9.17, 15) is 9.59 Å². The van der Waals surface area contributed by atoms with Crippen LogP contribution in [0.2, 0.25) is 0 Å². The smallest absolute Gasteiger partial charge is 0.287 e. The van der Waals surface area contributed by atoms with Gasteiger partial charge in [-0.3, -0.25) is 9.59 Å². The summed E-state index contributed by atoms with van der Waals surface area (Å²) in [4.78, 5) is 30.8. The SMILES string of the molecule is CC(NC(=O)c1ccco1)C(=O)Nc1csc(N2CCCCC2)n1. The highest BCUT2D eigenvalue weighted by atomic mass is 32.1. The van der Waals surface area contributed by atoms with Crippen LogP contribution in [-0.4, -0.2) is 35.9 Å². The summed E-state index contributed by atoms with van der Waals surface area (Å²) in [6.45, 7) is 3.64. The third-order valence-electron chi connectivity index (χ3n) is 3.86. The molecule has 2 amide bonds. The number of hydrogen-bond acceptors (Lipinski definition) is 6. The van der Waals surface area contributed by atoms with E-state index in [0.717, 1.165) is 18.2 Å². The molecular weight excluding hydrogens is 328 g/mol. The Labute approximate surface area is 144 Å². The number of furan rings is 1. The van der Waals surface area contributed by atoms with Crippen molar-refractivity contribution in [3.63, 3.8) is 0 Å². The van der Waals surface area contributed by atoms with Crippen molar-refractivity contribution in [2.45, 2.75) is 32.2 Å². The highest BCUT2D eigenvalue weighted by Crippen LogP contribution is 2.26. The van der Waals surface area contributed by atoms with Gasteiger partial charge >= 0.3 is 0 Å². The predicted octanol–water partition coefficient (Wildman–Crippen LogP) is 2.48. The van der Waals surface area contributed by atoms with Crippen LogP contribution >= 0.6 is 11.3 Å². The van der Waals surface area contributed by atoms with Crippen LogP contribution in [0.3, 0.4) is 0 Å². The molecule has 128 valence electrons. The second-order valence-electron chi connectivity index (χ2n) is 5.72. The van der Waals surface area contributed by atoms with Crippen LogP contribution in [0.15, 0.2) is 28.2 Å². The molecule has 1 aliphatic heterocycles. The third kappa shape index (κ3) is 3.94. The number of rotatable bonds is 5. The molecular formula is C16H20N4O3S. The maximum atomic E-state index is 12.2. The van der Waals surface area contributed by atoms with Crippen molar-refractivity contribution in [3.05, 3.63) is 29.5 Å². The summed E-state index contributed by atoms with van der Waals surface area (Å²) >= 11 is 1.52. The van der Waals surface area contributed by atoms with Gasteiger partial charge in [-0.05, 0) is 38.3 Å². The Kier molecular flexibility index (Phi) is 5.14. The normalized spacial score (nSPS) is 15.8. The zero-order valence-electron chi connectivity index (χ0n) is 13.4. The summed E-state index contributed by atoms with van der Waals surface area (Å²) in [5, 5.41) is 8.08. The van der Waals surface area contributed by atoms with E-state index < -0.39 is 11.9 Å². The lowest BCUT2D eigenvalue weighted by Gasteiger charge is -2.25. The van der Waals surface area contributed by atoms with Crippen LogP contribution in [0.1, 0.15) is 36.7 Å². The van der Waals surface area contributed by atoms with Gasteiger partial charge in [0.25, 0.3) is 5.91 Å². The first-order valence-corrected chi connectivity index (χ1v) is 8.87. The quantitative estimate of drug-likeness (QED) is 0.867. The number of piperidine rings is 1. The van der Waals surface area contributed by atoms with E-state index in [1.807, 2.05) is 5.38 Å². The maximum Gasteiger partial charge on any atom is 0.287 e. The molecule has 1 atom stereocenters. The Morgan fingerprint density at radius 3 is 2.83 bits per heavy atom. The molecule has 24 heavy (non-hydrogen) atoms. The molecule has 3 heterocycles. The van der Waals surface area contributed by atoms with Crippen LogP contribution in [-0.2, 0) is 4.79 Å². The number of amides is 2. The molecule has 0 bridgehead atoms. The highest BCUT2D eigenvalue weighted by Gasteiger charge is 2.20. The van der Waals surface area contributed by atoms with E-state index in [0.29, 0.717) is 5.82 Å². The van der Waals surface area contributed by atoms with Gasteiger partial charge in [-0.15, -0.1) is 11.3 Å². The maximum absolute atomic E-state index is 12.2. The minimum Gasteiger partial charge on any atom is -0.459 e. The van der Waals surface area contributed by atoms with Crippen LogP contribution in [0.4, 0.5) is 10.9 Å². The molecule has 1 saturated heterocycles. The summed E-state index contributed by atoms with van der Waals surface area (Å²) in [7, 11) is 0. The lowest BCUT2D eigenvalue weighted by atomic mass is 10.1. The third-order valence-corrected chi connectivity index (χ3v) is 4.76. The monoisotopic (exact) mass is 348 g/mol. The Bertz CT molecular complexity index is 692. The molecule has 2 N–H and O–H groups in total. The summed E-state index contributed by atoms with van der Waals surface area (Å²) in [5.41, 5.74) is 0. The van der Waals surface area contributed by atoms with Gasteiger partial charge in [-0.2, -0.15) is 0 Å². The molecule has 8 heteroatoms. The Morgan fingerprint density at radius 2 is 2.12 bits per heavy atom. The van der Waals surface area contributed by atoms with E-state index in [1.54, 1.807) is 19.1 Å². The highest BCUT2D eigenvalue weighted by molar-refractivity contribution is 7.14. The van der Waals surface area contributed by atoms with Crippen molar-refractivity contribution in [1.29, 1.82) is 0 Å². The summed E-state index contributed by atoms with van der Waals surface area (Å²) in [5.74, 6) is -0.0410. The van der Waals surface area contributed by atoms with Gasteiger partial charge < -0.3 is 20.0 Å². The molecule has 0 saturated carbocycles. The summed E-state index contributed by atoms with van der Waals surface area (Å²) in [6.07, 6.45) is 5.03. The average molecular weight is 348 g/mol. The zero-order valence-corrected chi connectivity index (χ0v) is 14.3. The average Bonchev–Trinajstić information content (AvgIpc) is 3.27. The Morgan fingerprint density at radius 1 is 1.33 bits per heavy atom. The Hall–Kier alpha value is -2.35. The van der Waals surface area contributed by atoms with Crippen molar-refractivity contribution in [2.24, 2.45) is 0 Å². The first-order chi connectivity index (χ1) is 11.6. The number of nitrogens with zero attached hydrogens (tertiary/aromatic N) is 2. The summed E-state index contributed by atoms with van der Waals surface area (Å²) < 4.78 is 5.00. The van der Waals surface area contributed by atoms with Crippen LogP contribution in [0.5, 0.6) is 0 Å². The molecule has 3 rings (SSSR count). The lowest BCUT2D eigenvalue weighted by Crippen LogP contribution is -2.41. The van der Waals surface area contributed by atoms with Gasteiger partial charge in [-0.1, -0.05) is 0 Å². The van der Waals surface area contributed by atoms with Crippen molar-refractivity contribution < 1.29 is 14.0 Å². The minimum atomic E-state index is -0.692. The topological polar surface area (TPSA) is 87.5 Å². The van der Waals surface area contributed by atoms with Gasteiger partial charge in [0, 0.05) is 18.5 Å².